The van der Waals surface area contributed by atoms with Crippen LogP contribution in [0.25, 0.3) is 0 Å². The fourth-order valence-electron chi connectivity index (χ4n) is 1.05. The van der Waals surface area contributed by atoms with Crippen LogP contribution < -0.4 is 11.1 Å². The minimum atomic E-state index is -0.294. The molecule has 0 aromatic rings. The number of rotatable bonds is 6. The molecule has 0 aromatic carbocycles. The molecular weight excluding hydrogens is 180 g/mol. The number of carbonyl (C=O) groups excluding carboxylic acids is 1. The maximum absolute atomic E-state index is 11.3. The van der Waals surface area contributed by atoms with Crippen LogP contribution in [-0.4, -0.2) is 29.2 Å². The zero-order valence-electron chi connectivity index (χ0n) is 9.34. The molecule has 0 saturated carbocycles. The fourth-order valence-corrected chi connectivity index (χ4v) is 1.05. The summed E-state index contributed by atoms with van der Waals surface area (Å²) < 4.78 is 0. The second kappa shape index (κ2) is 5.98. The molecule has 14 heavy (non-hydrogen) atoms. The van der Waals surface area contributed by atoms with E-state index in [0.29, 0.717) is 19.3 Å². The van der Waals surface area contributed by atoms with E-state index in [4.69, 9.17) is 10.8 Å². The Morgan fingerprint density at radius 2 is 2.14 bits per heavy atom. The summed E-state index contributed by atoms with van der Waals surface area (Å²) in [7, 11) is 0. The van der Waals surface area contributed by atoms with Gasteiger partial charge in [0.05, 0.1) is 0 Å². The Hall–Kier alpha value is -0.610. The third kappa shape index (κ3) is 8.01. The number of nitrogens with one attached hydrogen (secondary N) is 1. The Morgan fingerprint density at radius 1 is 1.57 bits per heavy atom. The van der Waals surface area contributed by atoms with Crippen molar-refractivity contribution in [3.8, 4) is 0 Å². The van der Waals surface area contributed by atoms with E-state index in [1.807, 2.05) is 20.8 Å². The van der Waals surface area contributed by atoms with Gasteiger partial charge in [-0.15, -0.1) is 0 Å². The predicted molar refractivity (Wildman–Crippen MR) is 56.8 cm³/mol. The first-order chi connectivity index (χ1) is 6.35. The lowest BCUT2D eigenvalue weighted by Crippen LogP contribution is -2.37. The third-order valence-corrected chi connectivity index (χ3v) is 1.97. The number of nitrogens with two attached hydrogens (primary N) is 1. The molecule has 0 aliphatic heterocycles. The molecule has 0 aliphatic rings. The zero-order valence-corrected chi connectivity index (χ0v) is 9.34. The number of hydrogen-bond acceptors (Lipinski definition) is 3. The number of carbonyl (C=O) groups is 1. The molecular formula is C10H22N2O2. The van der Waals surface area contributed by atoms with E-state index >= 15 is 0 Å². The summed E-state index contributed by atoms with van der Waals surface area (Å²) in [5.41, 5.74) is 5.46. The average molecular weight is 202 g/mol. The molecule has 0 aliphatic carbocycles. The van der Waals surface area contributed by atoms with Crippen molar-refractivity contribution in [1.82, 2.24) is 5.32 Å². The quantitative estimate of drug-likeness (QED) is 0.583. The molecule has 0 radical (unpaired) electrons. The van der Waals surface area contributed by atoms with Gasteiger partial charge in [-0.1, -0.05) is 0 Å². The van der Waals surface area contributed by atoms with Crippen molar-refractivity contribution < 1.29 is 9.90 Å². The van der Waals surface area contributed by atoms with Crippen LogP contribution in [0.15, 0.2) is 0 Å². The fraction of sp³-hybridized carbons (Fsp3) is 0.900. The van der Waals surface area contributed by atoms with Gasteiger partial charge in [0.25, 0.3) is 0 Å². The van der Waals surface area contributed by atoms with Crippen LogP contribution in [0.2, 0.25) is 0 Å². The summed E-state index contributed by atoms with van der Waals surface area (Å²) >= 11 is 0. The van der Waals surface area contributed by atoms with Gasteiger partial charge in [-0.2, -0.15) is 0 Å². The molecule has 0 fully saturated rings. The van der Waals surface area contributed by atoms with Crippen molar-refractivity contribution >= 4 is 5.91 Å². The summed E-state index contributed by atoms with van der Waals surface area (Å²) in [5.74, 6) is 0.00414. The van der Waals surface area contributed by atoms with Crippen LogP contribution in [0.1, 0.15) is 40.0 Å². The second-order valence-corrected chi connectivity index (χ2v) is 4.47. The van der Waals surface area contributed by atoms with E-state index in [9.17, 15) is 4.79 Å². The van der Waals surface area contributed by atoms with Crippen molar-refractivity contribution in [1.29, 1.82) is 0 Å². The molecule has 4 nitrogen and oxygen atoms in total. The zero-order chi connectivity index (χ0) is 11.2. The maximum atomic E-state index is 11.3. The van der Waals surface area contributed by atoms with Crippen molar-refractivity contribution in [2.45, 2.75) is 51.6 Å². The molecule has 84 valence electrons. The Bertz CT molecular complexity index is 175. The van der Waals surface area contributed by atoms with E-state index in [1.54, 1.807) is 0 Å². The molecule has 4 heteroatoms. The SMILES string of the molecule is CC(CCO)NC(=O)CCC(C)(C)N. The standard InChI is InChI=1S/C10H22N2O2/c1-8(5-7-13)12-9(14)4-6-10(2,3)11/h8,13H,4-7,11H2,1-3H3,(H,12,14). The lowest BCUT2D eigenvalue weighted by atomic mass is 10.00. The second-order valence-electron chi connectivity index (χ2n) is 4.47. The Balaban J connectivity index is 3.65. The molecule has 1 atom stereocenters. The Labute approximate surface area is 85.9 Å². The van der Waals surface area contributed by atoms with Crippen molar-refractivity contribution in [3.63, 3.8) is 0 Å². The van der Waals surface area contributed by atoms with Gasteiger partial charge in [0.2, 0.25) is 5.91 Å². The van der Waals surface area contributed by atoms with Crippen LogP contribution in [0.4, 0.5) is 0 Å². The normalized spacial score (nSPS) is 13.8. The first-order valence-corrected chi connectivity index (χ1v) is 5.04. The van der Waals surface area contributed by atoms with Gasteiger partial charge in [-0.3, -0.25) is 4.79 Å². The van der Waals surface area contributed by atoms with Crippen LogP contribution in [0.5, 0.6) is 0 Å². The molecule has 0 aromatic heterocycles. The van der Waals surface area contributed by atoms with Crippen molar-refractivity contribution in [3.05, 3.63) is 0 Å². The summed E-state index contributed by atoms with van der Waals surface area (Å²) in [4.78, 5) is 11.3. The van der Waals surface area contributed by atoms with Crippen LogP contribution >= 0.6 is 0 Å². The summed E-state index contributed by atoms with van der Waals surface area (Å²) in [6.07, 6.45) is 1.71. The van der Waals surface area contributed by atoms with Crippen molar-refractivity contribution in [2.24, 2.45) is 5.73 Å². The van der Waals surface area contributed by atoms with Crippen LogP contribution in [0.3, 0.4) is 0 Å². The smallest absolute Gasteiger partial charge is 0.220 e. The maximum Gasteiger partial charge on any atom is 0.220 e. The predicted octanol–water partition coefficient (Wildman–Crippen LogP) is 0.391. The van der Waals surface area contributed by atoms with Crippen molar-refractivity contribution in [2.75, 3.05) is 6.61 Å². The summed E-state index contributed by atoms with van der Waals surface area (Å²) in [5, 5.41) is 11.4. The number of aliphatic hydroxyl groups excluding tert-OH is 1. The van der Waals surface area contributed by atoms with E-state index in [-0.39, 0.29) is 24.1 Å². The summed E-state index contributed by atoms with van der Waals surface area (Å²) in [6.45, 7) is 5.78. The van der Waals surface area contributed by atoms with Gasteiger partial charge in [0.15, 0.2) is 0 Å². The minimum Gasteiger partial charge on any atom is -0.396 e. The molecule has 0 rings (SSSR count). The Morgan fingerprint density at radius 3 is 2.57 bits per heavy atom. The highest BCUT2D eigenvalue weighted by Crippen LogP contribution is 2.06. The molecule has 0 bridgehead atoms. The molecule has 1 amide bonds. The largest absolute Gasteiger partial charge is 0.396 e. The highest BCUT2D eigenvalue weighted by atomic mass is 16.3. The Kier molecular flexibility index (Phi) is 5.72. The highest BCUT2D eigenvalue weighted by Gasteiger charge is 2.14. The first kappa shape index (κ1) is 13.4. The lowest BCUT2D eigenvalue weighted by Gasteiger charge is -2.19. The van der Waals surface area contributed by atoms with E-state index in [0.717, 1.165) is 0 Å². The number of aliphatic hydroxyl groups is 1. The van der Waals surface area contributed by atoms with Gasteiger partial charge in [-0.25, -0.2) is 0 Å². The van der Waals surface area contributed by atoms with E-state index in [2.05, 4.69) is 5.32 Å². The third-order valence-electron chi connectivity index (χ3n) is 1.97. The molecule has 1 unspecified atom stereocenters. The van der Waals surface area contributed by atoms with Gasteiger partial charge < -0.3 is 16.2 Å². The molecule has 0 spiro atoms. The summed E-state index contributed by atoms with van der Waals surface area (Å²) in [6, 6.07) is 0.0355. The van der Waals surface area contributed by atoms with E-state index < -0.39 is 0 Å². The topological polar surface area (TPSA) is 75.3 Å². The van der Waals surface area contributed by atoms with Gasteiger partial charge in [-0.05, 0) is 33.6 Å². The number of amides is 1. The molecule has 0 heterocycles. The van der Waals surface area contributed by atoms with Crippen LogP contribution in [-0.2, 0) is 4.79 Å². The molecule has 4 N–H and O–H groups in total. The van der Waals surface area contributed by atoms with Gasteiger partial charge >= 0.3 is 0 Å². The van der Waals surface area contributed by atoms with Gasteiger partial charge in [0, 0.05) is 24.6 Å². The van der Waals surface area contributed by atoms with Crippen LogP contribution in [0, 0.1) is 0 Å². The monoisotopic (exact) mass is 202 g/mol. The highest BCUT2D eigenvalue weighted by molar-refractivity contribution is 5.76. The van der Waals surface area contributed by atoms with Gasteiger partial charge in [0.1, 0.15) is 0 Å². The number of hydrogen-bond donors (Lipinski definition) is 3. The van der Waals surface area contributed by atoms with E-state index in [1.165, 1.54) is 0 Å². The minimum absolute atomic E-state index is 0.00414. The average Bonchev–Trinajstić information content (AvgIpc) is 2.00. The lowest BCUT2D eigenvalue weighted by molar-refractivity contribution is -0.122. The first-order valence-electron chi connectivity index (χ1n) is 5.04. The molecule has 0 saturated heterocycles.